The van der Waals surface area contributed by atoms with Crippen LogP contribution < -0.4 is 5.32 Å². The molecule has 1 atom stereocenters. The first-order chi connectivity index (χ1) is 7.72. The maximum Gasteiger partial charge on any atom is 0.0704 e. The van der Waals surface area contributed by atoms with Gasteiger partial charge in [-0.05, 0) is 24.9 Å². The summed E-state index contributed by atoms with van der Waals surface area (Å²) >= 11 is 1.78. The zero-order chi connectivity index (χ0) is 11.5. The van der Waals surface area contributed by atoms with Crippen molar-refractivity contribution < 1.29 is 0 Å². The molecule has 0 radical (unpaired) electrons. The van der Waals surface area contributed by atoms with Crippen molar-refractivity contribution in [1.82, 2.24) is 15.1 Å². The molecule has 16 heavy (non-hydrogen) atoms. The molecule has 0 fully saturated rings. The second-order valence-electron chi connectivity index (χ2n) is 3.85. The van der Waals surface area contributed by atoms with Gasteiger partial charge in [0, 0.05) is 23.7 Å². The first-order valence-electron chi connectivity index (χ1n) is 5.49. The number of aromatic nitrogens is 2. The van der Waals surface area contributed by atoms with Crippen LogP contribution in [0.5, 0.6) is 0 Å². The van der Waals surface area contributed by atoms with Crippen molar-refractivity contribution in [2.24, 2.45) is 7.05 Å². The molecule has 0 aliphatic heterocycles. The molecular weight excluding hydrogens is 218 g/mol. The van der Waals surface area contributed by atoms with E-state index in [-0.39, 0.29) is 6.04 Å². The van der Waals surface area contributed by atoms with E-state index < -0.39 is 0 Å². The van der Waals surface area contributed by atoms with Gasteiger partial charge in [-0.2, -0.15) is 5.10 Å². The van der Waals surface area contributed by atoms with E-state index in [9.17, 15) is 0 Å². The lowest BCUT2D eigenvalue weighted by molar-refractivity contribution is 0.636. The molecule has 0 saturated carbocycles. The van der Waals surface area contributed by atoms with Gasteiger partial charge < -0.3 is 5.32 Å². The zero-order valence-electron chi connectivity index (χ0n) is 9.90. The number of rotatable bonds is 4. The Labute approximate surface area is 100 Å². The summed E-state index contributed by atoms with van der Waals surface area (Å²) in [6.07, 6.45) is 2.10. The normalized spacial score (nSPS) is 12.9. The molecule has 86 valence electrons. The monoisotopic (exact) mass is 235 g/mol. The van der Waals surface area contributed by atoms with Gasteiger partial charge >= 0.3 is 0 Å². The minimum Gasteiger partial charge on any atom is -0.306 e. The smallest absolute Gasteiger partial charge is 0.0704 e. The Morgan fingerprint density at radius 1 is 1.56 bits per heavy atom. The molecule has 1 unspecified atom stereocenters. The van der Waals surface area contributed by atoms with Gasteiger partial charge in [0.2, 0.25) is 0 Å². The van der Waals surface area contributed by atoms with Gasteiger partial charge in [0.25, 0.3) is 0 Å². The quantitative estimate of drug-likeness (QED) is 0.882. The molecule has 0 amide bonds. The first kappa shape index (κ1) is 11.4. The lowest BCUT2D eigenvalue weighted by Crippen LogP contribution is -2.21. The average molecular weight is 235 g/mol. The Morgan fingerprint density at radius 3 is 2.88 bits per heavy atom. The summed E-state index contributed by atoms with van der Waals surface area (Å²) in [6.45, 7) is 5.15. The van der Waals surface area contributed by atoms with Crippen LogP contribution in [0.1, 0.15) is 29.1 Å². The number of nitrogens with zero attached hydrogens (tertiary/aromatic N) is 2. The van der Waals surface area contributed by atoms with Crippen molar-refractivity contribution in [3.05, 3.63) is 39.8 Å². The topological polar surface area (TPSA) is 29.9 Å². The summed E-state index contributed by atoms with van der Waals surface area (Å²) in [4.78, 5) is 1.35. The van der Waals surface area contributed by atoms with Crippen molar-refractivity contribution in [3.8, 4) is 0 Å². The molecule has 0 spiro atoms. The first-order valence-corrected chi connectivity index (χ1v) is 6.37. The van der Waals surface area contributed by atoms with Crippen LogP contribution in [0.15, 0.2) is 23.7 Å². The summed E-state index contributed by atoms with van der Waals surface area (Å²) in [7, 11) is 1.97. The van der Waals surface area contributed by atoms with E-state index >= 15 is 0 Å². The number of hydrogen-bond donors (Lipinski definition) is 1. The third kappa shape index (κ3) is 2.18. The molecule has 2 aromatic heterocycles. The fourth-order valence-electron chi connectivity index (χ4n) is 1.92. The lowest BCUT2D eigenvalue weighted by Gasteiger charge is -2.15. The third-order valence-corrected chi connectivity index (χ3v) is 3.54. The fourth-order valence-corrected chi connectivity index (χ4v) is 2.74. The van der Waals surface area contributed by atoms with Gasteiger partial charge in [-0.25, -0.2) is 0 Å². The molecule has 3 nitrogen and oxygen atoms in total. The molecule has 2 rings (SSSR count). The fraction of sp³-hybridized carbons (Fsp3) is 0.417. The van der Waals surface area contributed by atoms with Crippen LogP contribution in [-0.2, 0) is 7.05 Å². The number of aryl methyl sites for hydroxylation is 2. The Balaban J connectivity index is 2.36. The van der Waals surface area contributed by atoms with Gasteiger partial charge in [-0.15, -0.1) is 11.3 Å². The Kier molecular flexibility index (Phi) is 3.41. The van der Waals surface area contributed by atoms with E-state index in [2.05, 4.69) is 48.0 Å². The van der Waals surface area contributed by atoms with E-state index in [4.69, 9.17) is 0 Å². The highest BCUT2D eigenvalue weighted by Crippen LogP contribution is 2.27. The molecule has 0 aliphatic carbocycles. The second-order valence-corrected chi connectivity index (χ2v) is 4.83. The number of hydrogen-bond acceptors (Lipinski definition) is 3. The minimum atomic E-state index is 0.277. The maximum atomic E-state index is 4.41. The van der Waals surface area contributed by atoms with Crippen LogP contribution in [0, 0.1) is 6.92 Å². The largest absolute Gasteiger partial charge is 0.306 e. The molecule has 0 bridgehead atoms. The Hall–Kier alpha value is -1.13. The van der Waals surface area contributed by atoms with Gasteiger partial charge in [0.15, 0.2) is 0 Å². The highest BCUT2D eigenvalue weighted by atomic mass is 32.1. The van der Waals surface area contributed by atoms with Gasteiger partial charge in [0.1, 0.15) is 0 Å². The minimum absolute atomic E-state index is 0.277. The van der Waals surface area contributed by atoms with Gasteiger partial charge in [0.05, 0.1) is 11.7 Å². The van der Waals surface area contributed by atoms with E-state index in [1.165, 1.54) is 10.4 Å². The molecule has 2 heterocycles. The predicted molar refractivity (Wildman–Crippen MR) is 67.8 cm³/mol. The van der Waals surface area contributed by atoms with E-state index in [0.29, 0.717) is 0 Å². The molecular formula is C12H17N3S. The van der Waals surface area contributed by atoms with Crippen LogP contribution in [-0.4, -0.2) is 16.3 Å². The van der Waals surface area contributed by atoms with E-state index in [1.54, 1.807) is 11.3 Å². The third-order valence-electron chi connectivity index (χ3n) is 2.60. The standard InChI is InChI=1S/C12H17N3S/c1-4-13-12(11-6-5-7-16-11)10-8-15(3)14-9(10)2/h5-8,12-13H,4H2,1-3H3. The molecule has 0 aliphatic rings. The number of nitrogens with one attached hydrogen (secondary N) is 1. The van der Waals surface area contributed by atoms with Crippen molar-refractivity contribution in [3.63, 3.8) is 0 Å². The van der Waals surface area contributed by atoms with Gasteiger partial charge in [-0.3, -0.25) is 4.68 Å². The van der Waals surface area contributed by atoms with Crippen molar-refractivity contribution in [1.29, 1.82) is 0 Å². The summed E-state index contributed by atoms with van der Waals surface area (Å²) in [5.41, 5.74) is 2.37. The van der Waals surface area contributed by atoms with E-state index in [1.807, 2.05) is 11.7 Å². The van der Waals surface area contributed by atoms with Gasteiger partial charge in [-0.1, -0.05) is 13.0 Å². The van der Waals surface area contributed by atoms with Crippen LogP contribution in [0.3, 0.4) is 0 Å². The average Bonchev–Trinajstić information content (AvgIpc) is 2.85. The highest BCUT2D eigenvalue weighted by Gasteiger charge is 2.18. The highest BCUT2D eigenvalue weighted by molar-refractivity contribution is 7.10. The molecule has 0 aromatic carbocycles. The van der Waals surface area contributed by atoms with Crippen molar-refractivity contribution >= 4 is 11.3 Å². The van der Waals surface area contributed by atoms with Crippen LogP contribution >= 0.6 is 11.3 Å². The molecule has 2 aromatic rings. The number of thiophene rings is 1. The summed E-state index contributed by atoms with van der Waals surface area (Å²) < 4.78 is 1.88. The lowest BCUT2D eigenvalue weighted by atomic mass is 10.1. The molecule has 1 N–H and O–H groups in total. The van der Waals surface area contributed by atoms with Crippen LogP contribution in [0.4, 0.5) is 0 Å². The van der Waals surface area contributed by atoms with E-state index in [0.717, 1.165) is 12.2 Å². The maximum absolute atomic E-state index is 4.41. The second kappa shape index (κ2) is 4.80. The van der Waals surface area contributed by atoms with Crippen LogP contribution in [0.2, 0.25) is 0 Å². The SMILES string of the molecule is CCNC(c1cccs1)c1cn(C)nc1C. The van der Waals surface area contributed by atoms with Crippen molar-refractivity contribution in [2.45, 2.75) is 19.9 Å². The zero-order valence-corrected chi connectivity index (χ0v) is 10.7. The summed E-state index contributed by atoms with van der Waals surface area (Å²) in [5, 5.41) is 10.0. The Bertz CT molecular complexity index is 445. The molecule has 0 saturated heterocycles. The van der Waals surface area contributed by atoms with Crippen molar-refractivity contribution in [2.75, 3.05) is 6.54 Å². The summed E-state index contributed by atoms with van der Waals surface area (Å²) in [5.74, 6) is 0. The summed E-state index contributed by atoms with van der Waals surface area (Å²) in [6, 6.07) is 4.54. The van der Waals surface area contributed by atoms with Crippen LogP contribution in [0.25, 0.3) is 0 Å². The predicted octanol–water partition coefficient (Wildman–Crippen LogP) is 2.49. The molecule has 4 heteroatoms. The Morgan fingerprint density at radius 2 is 2.38 bits per heavy atom.